The lowest BCUT2D eigenvalue weighted by Crippen LogP contribution is -2.52. The summed E-state index contributed by atoms with van der Waals surface area (Å²) in [7, 11) is 0. The molecule has 0 unspecified atom stereocenters. The van der Waals surface area contributed by atoms with Crippen LogP contribution in [0, 0.1) is 17.0 Å². The first kappa shape index (κ1) is 19.4. The van der Waals surface area contributed by atoms with Crippen LogP contribution in [0.2, 0.25) is 5.02 Å². The van der Waals surface area contributed by atoms with Gasteiger partial charge < -0.3 is 9.64 Å². The standard InChI is InChI=1S/C21H19ClN2O5/c1-13-2-5-19-16(10-13)18(25)12-21(29-19)6-8-23(9-7-21)20(26)15-4-3-14(22)11-17(15)24(27)28/h2-5,10-11H,6-9,12H2,1H3. The molecule has 1 fully saturated rings. The summed E-state index contributed by atoms with van der Waals surface area (Å²) in [5.74, 6) is 0.212. The van der Waals surface area contributed by atoms with E-state index in [0.29, 0.717) is 37.2 Å². The number of piperidine rings is 1. The van der Waals surface area contributed by atoms with Crippen molar-refractivity contribution in [2.45, 2.75) is 31.8 Å². The second kappa shape index (κ2) is 7.15. The molecule has 0 saturated carbocycles. The van der Waals surface area contributed by atoms with Crippen molar-refractivity contribution in [3.05, 3.63) is 68.2 Å². The monoisotopic (exact) mass is 414 g/mol. The molecule has 2 aliphatic rings. The quantitative estimate of drug-likeness (QED) is 0.542. The topological polar surface area (TPSA) is 89.8 Å². The number of ether oxygens (including phenoxy) is 1. The lowest BCUT2D eigenvalue weighted by molar-refractivity contribution is -0.385. The molecule has 1 spiro atoms. The summed E-state index contributed by atoms with van der Waals surface area (Å²) >= 11 is 5.84. The van der Waals surface area contributed by atoms with Gasteiger partial charge in [0.1, 0.15) is 16.9 Å². The molecule has 8 heteroatoms. The zero-order valence-corrected chi connectivity index (χ0v) is 16.6. The third-order valence-electron chi connectivity index (χ3n) is 5.59. The molecule has 0 aliphatic carbocycles. The Hall–Kier alpha value is -2.93. The van der Waals surface area contributed by atoms with Gasteiger partial charge in [0.2, 0.25) is 0 Å². The van der Waals surface area contributed by atoms with Gasteiger partial charge in [-0.05, 0) is 31.2 Å². The van der Waals surface area contributed by atoms with Crippen LogP contribution in [0.4, 0.5) is 5.69 Å². The third kappa shape index (κ3) is 3.58. The van der Waals surface area contributed by atoms with Crippen molar-refractivity contribution in [1.82, 2.24) is 4.90 Å². The number of halogens is 1. The fourth-order valence-corrected chi connectivity index (χ4v) is 4.18. The number of hydrogen-bond acceptors (Lipinski definition) is 5. The SMILES string of the molecule is Cc1ccc2c(c1)C(=O)CC1(CCN(C(=O)c3ccc(Cl)cc3[N+](=O)[O-])CC1)O2. The van der Waals surface area contributed by atoms with E-state index in [1.165, 1.54) is 18.2 Å². The Morgan fingerprint density at radius 3 is 2.62 bits per heavy atom. The van der Waals surface area contributed by atoms with Crippen molar-refractivity contribution in [1.29, 1.82) is 0 Å². The Balaban J connectivity index is 1.52. The zero-order chi connectivity index (χ0) is 20.8. The van der Waals surface area contributed by atoms with Crippen molar-refractivity contribution in [2.75, 3.05) is 13.1 Å². The van der Waals surface area contributed by atoms with Crippen LogP contribution in [0.15, 0.2) is 36.4 Å². The van der Waals surface area contributed by atoms with Crippen LogP contribution in [0.25, 0.3) is 0 Å². The summed E-state index contributed by atoms with van der Waals surface area (Å²) in [6.45, 7) is 2.64. The maximum atomic E-state index is 12.9. The summed E-state index contributed by atoms with van der Waals surface area (Å²) in [4.78, 5) is 37.8. The second-order valence-corrected chi connectivity index (χ2v) is 8.03. The normalized spacial score (nSPS) is 17.6. The van der Waals surface area contributed by atoms with Gasteiger partial charge in [0, 0.05) is 37.0 Å². The molecule has 2 aromatic rings. The average molecular weight is 415 g/mol. The molecule has 0 atom stereocenters. The number of rotatable bonds is 2. The summed E-state index contributed by atoms with van der Waals surface area (Å²) in [5.41, 5.74) is 0.669. The molecule has 0 aromatic heterocycles. The van der Waals surface area contributed by atoms with Crippen molar-refractivity contribution in [3.8, 4) is 5.75 Å². The molecule has 29 heavy (non-hydrogen) atoms. The van der Waals surface area contributed by atoms with Crippen LogP contribution in [-0.2, 0) is 0 Å². The molecule has 150 valence electrons. The minimum absolute atomic E-state index is 0.0109. The Labute approximate surface area is 172 Å². The number of hydrogen-bond donors (Lipinski definition) is 0. The van der Waals surface area contributed by atoms with Crippen LogP contribution in [0.1, 0.15) is 45.5 Å². The first-order chi connectivity index (χ1) is 13.8. The van der Waals surface area contributed by atoms with Gasteiger partial charge in [-0.2, -0.15) is 0 Å². The van der Waals surface area contributed by atoms with Gasteiger partial charge in [-0.1, -0.05) is 23.2 Å². The molecular weight excluding hydrogens is 396 g/mol. The number of nitro benzene ring substituents is 1. The van der Waals surface area contributed by atoms with E-state index in [-0.39, 0.29) is 28.5 Å². The third-order valence-corrected chi connectivity index (χ3v) is 5.83. The first-order valence-corrected chi connectivity index (χ1v) is 9.72. The molecule has 0 bridgehead atoms. The number of likely N-dealkylation sites (tertiary alicyclic amines) is 1. The molecule has 0 N–H and O–H groups in total. The van der Waals surface area contributed by atoms with Gasteiger partial charge in [0.15, 0.2) is 5.78 Å². The van der Waals surface area contributed by atoms with Gasteiger partial charge >= 0.3 is 0 Å². The second-order valence-electron chi connectivity index (χ2n) is 7.60. The van der Waals surface area contributed by atoms with Crippen molar-refractivity contribution >= 4 is 29.0 Å². The number of carbonyl (C=O) groups excluding carboxylic acids is 2. The number of ketones is 1. The van der Waals surface area contributed by atoms with E-state index >= 15 is 0 Å². The van der Waals surface area contributed by atoms with Gasteiger partial charge in [-0.25, -0.2) is 0 Å². The fourth-order valence-electron chi connectivity index (χ4n) is 4.01. The van der Waals surface area contributed by atoms with Gasteiger partial charge in [-0.15, -0.1) is 0 Å². The number of nitrogens with zero attached hydrogens (tertiary/aromatic N) is 2. The summed E-state index contributed by atoms with van der Waals surface area (Å²) in [6.07, 6.45) is 1.24. The predicted octanol–water partition coefficient (Wildman–Crippen LogP) is 4.20. The smallest absolute Gasteiger partial charge is 0.283 e. The summed E-state index contributed by atoms with van der Waals surface area (Å²) in [6, 6.07) is 9.59. The highest BCUT2D eigenvalue weighted by Gasteiger charge is 2.44. The largest absolute Gasteiger partial charge is 0.486 e. The van der Waals surface area contributed by atoms with E-state index in [4.69, 9.17) is 16.3 Å². The van der Waals surface area contributed by atoms with E-state index in [1.807, 2.05) is 25.1 Å². The van der Waals surface area contributed by atoms with Crippen LogP contribution in [0.3, 0.4) is 0 Å². The minimum atomic E-state index is -0.637. The van der Waals surface area contributed by atoms with Gasteiger partial charge in [0.05, 0.1) is 16.9 Å². The fraction of sp³-hybridized carbons (Fsp3) is 0.333. The van der Waals surface area contributed by atoms with Crippen molar-refractivity contribution in [3.63, 3.8) is 0 Å². The Bertz CT molecular complexity index is 1030. The minimum Gasteiger partial charge on any atom is -0.486 e. The van der Waals surface area contributed by atoms with Gasteiger partial charge in [-0.3, -0.25) is 19.7 Å². The molecular formula is C21H19ClN2O5. The summed E-state index contributed by atoms with van der Waals surface area (Å²) < 4.78 is 6.21. The molecule has 1 amide bonds. The number of carbonyl (C=O) groups is 2. The molecule has 2 aliphatic heterocycles. The number of benzene rings is 2. The van der Waals surface area contributed by atoms with E-state index in [9.17, 15) is 19.7 Å². The molecule has 1 saturated heterocycles. The Kier molecular flexibility index (Phi) is 4.78. The maximum Gasteiger partial charge on any atom is 0.283 e. The highest BCUT2D eigenvalue weighted by molar-refractivity contribution is 6.31. The Morgan fingerprint density at radius 2 is 1.93 bits per heavy atom. The van der Waals surface area contributed by atoms with E-state index in [0.717, 1.165) is 5.56 Å². The predicted molar refractivity (Wildman–Crippen MR) is 107 cm³/mol. The molecule has 4 rings (SSSR count). The Morgan fingerprint density at radius 1 is 1.21 bits per heavy atom. The molecule has 2 heterocycles. The van der Waals surface area contributed by atoms with Crippen LogP contribution in [0.5, 0.6) is 5.75 Å². The lowest BCUT2D eigenvalue weighted by atomic mass is 9.82. The maximum absolute atomic E-state index is 12.9. The number of Topliss-reactive ketones (excluding diaryl/α,β-unsaturated/α-hetero) is 1. The van der Waals surface area contributed by atoms with E-state index in [2.05, 4.69) is 0 Å². The van der Waals surface area contributed by atoms with Crippen molar-refractivity contribution in [2.24, 2.45) is 0 Å². The average Bonchev–Trinajstić information content (AvgIpc) is 2.69. The summed E-state index contributed by atoms with van der Waals surface area (Å²) in [5, 5.41) is 11.5. The highest BCUT2D eigenvalue weighted by Crippen LogP contribution is 2.40. The first-order valence-electron chi connectivity index (χ1n) is 9.34. The van der Waals surface area contributed by atoms with E-state index in [1.54, 1.807) is 4.90 Å². The van der Waals surface area contributed by atoms with Crippen LogP contribution in [-0.4, -0.2) is 40.2 Å². The number of nitro groups is 1. The number of fused-ring (bicyclic) bond motifs is 1. The van der Waals surface area contributed by atoms with Crippen molar-refractivity contribution < 1.29 is 19.2 Å². The highest BCUT2D eigenvalue weighted by atomic mass is 35.5. The zero-order valence-electron chi connectivity index (χ0n) is 15.8. The lowest BCUT2D eigenvalue weighted by Gasteiger charge is -2.44. The van der Waals surface area contributed by atoms with Crippen LogP contribution >= 0.6 is 11.6 Å². The molecule has 0 radical (unpaired) electrons. The van der Waals surface area contributed by atoms with Crippen LogP contribution < -0.4 is 4.74 Å². The molecule has 7 nitrogen and oxygen atoms in total. The van der Waals surface area contributed by atoms with E-state index < -0.39 is 16.4 Å². The number of aryl methyl sites for hydroxylation is 1. The molecule has 2 aromatic carbocycles. The number of amides is 1. The van der Waals surface area contributed by atoms with Gasteiger partial charge in [0.25, 0.3) is 11.6 Å².